The quantitative estimate of drug-likeness (QED) is 0.176. The maximum Gasteiger partial charge on any atom is 0.352 e. The second kappa shape index (κ2) is 15.5. The summed E-state index contributed by atoms with van der Waals surface area (Å²) in [6, 6.07) is 17.6. The fourth-order valence-electron chi connectivity index (χ4n) is 7.57. The summed E-state index contributed by atoms with van der Waals surface area (Å²) in [5, 5.41) is 24.5. The van der Waals surface area contributed by atoms with E-state index in [0.29, 0.717) is 58.2 Å². The first-order chi connectivity index (χ1) is 27.1. The molecule has 288 valence electrons. The molecular formula is C38H37ClN10O7. The summed E-state index contributed by atoms with van der Waals surface area (Å²) < 4.78 is 6.99. The molecule has 4 amide bonds. The van der Waals surface area contributed by atoms with Gasteiger partial charge in [-0.25, -0.2) is 4.79 Å². The highest BCUT2D eigenvalue weighted by atomic mass is 35.5. The third kappa shape index (κ3) is 7.43. The molecule has 18 heteroatoms. The van der Waals surface area contributed by atoms with Gasteiger partial charge in [-0.05, 0) is 83.4 Å². The molecule has 2 atom stereocenters. The van der Waals surface area contributed by atoms with E-state index in [1.807, 2.05) is 24.3 Å². The van der Waals surface area contributed by atoms with Crippen LogP contribution in [0.1, 0.15) is 28.9 Å². The van der Waals surface area contributed by atoms with Gasteiger partial charge in [0.25, 0.3) is 0 Å². The minimum atomic E-state index is -1.13. The van der Waals surface area contributed by atoms with Gasteiger partial charge in [0.05, 0.1) is 24.5 Å². The van der Waals surface area contributed by atoms with Gasteiger partial charge in [0.2, 0.25) is 11.8 Å². The molecule has 17 nitrogen and oxygen atoms in total. The first-order valence-electron chi connectivity index (χ1n) is 18.2. The molecule has 3 aliphatic rings. The lowest BCUT2D eigenvalue weighted by Gasteiger charge is -2.40. The van der Waals surface area contributed by atoms with Crippen LogP contribution in [-0.4, -0.2) is 128 Å². The van der Waals surface area contributed by atoms with Crippen molar-refractivity contribution in [3.8, 4) is 5.69 Å². The van der Waals surface area contributed by atoms with Crippen LogP contribution in [0.4, 0.5) is 17.1 Å². The highest BCUT2D eigenvalue weighted by Gasteiger charge is 2.41. The Balaban J connectivity index is 1.04. The molecule has 56 heavy (non-hydrogen) atoms. The molecule has 1 unspecified atom stereocenters. The molecule has 2 aromatic heterocycles. The number of aromatic nitrogens is 5. The Morgan fingerprint density at radius 3 is 2.50 bits per heavy atom. The van der Waals surface area contributed by atoms with Crippen molar-refractivity contribution in [1.29, 1.82) is 0 Å². The van der Waals surface area contributed by atoms with Crippen LogP contribution in [-0.2, 0) is 30.3 Å². The van der Waals surface area contributed by atoms with Crippen molar-refractivity contribution in [2.75, 3.05) is 61.1 Å². The standard InChI is InChI=1S/C38H37ClN10O7/c39-25-5-10-31(49-22-40-43-44-49)32(19-25)47-13-14-48(37(53)36(47)52)33(35(51)41-26-6-9-29-24(17-26)18-30(42-29)38(54)55)16-23-3-7-27(8-4-23)46-12-11-45(20-34(46)50)28-2-1-15-56-21-28/h3-10,17-19,22,28,33,42H,1-2,11-16,20-21H2,(H,41,51)(H,54,55)/t28?,33-/m0/s1. The summed E-state index contributed by atoms with van der Waals surface area (Å²) in [5.41, 5.74) is 3.11. The molecule has 3 saturated heterocycles. The van der Waals surface area contributed by atoms with Crippen molar-refractivity contribution in [2.24, 2.45) is 0 Å². The first-order valence-corrected chi connectivity index (χ1v) is 18.5. The van der Waals surface area contributed by atoms with Gasteiger partial charge in [0.1, 0.15) is 18.1 Å². The number of aromatic carboxylic acids is 1. The number of rotatable bonds is 10. The van der Waals surface area contributed by atoms with Gasteiger partial charge in [-0.1, -0.05) is 23.7 Å². The zero-order chi connectivity index (χ0) is 38.9. The third-order valence-electron chi connectivity index (χ3n) is 10.5. The number of benzene rings is 3. The van der Waals surface area contributed by atoms with E-state index in [9.17, 15) is 29.1 Å². The highest BCUT2D eigenvalue weighted by molar-refractivity contribution is 6.41. The van der Waals surface area contributed by atoms with E-state index in [4.69, 9.17) is 16.3 Å². The zero-order valence-electron chi connectivity index (χ0n) is 30.0. The third-order valence-corrected chi connectivity index (χ3v) is 10.7. The number of anilines is 3. The number of carboxylic acid groups (broad SMARTS) is 1. The lowest BCUT2D eigenvalue weighted by molar-refractivity contribution is -0.149. The van der Waals surface area contributed by atoms with Crippen LogP contribution < -0.4 is 15.1 Å². The lowest BCUT2D eigenvalue weighted by atomic mass is 10.0. The predicted molar refractivity (Wildman–Crippen MR) is 204 cm³/mol. The number of tetrazole rings is 1. The monoisotopic (exact) mass is 780 g/mol. The average Bonchev–Trinajstić information content (AvgIpc) is 3.90. The molecule has 0 radical (unpaired) electrons. The maximum atomic E-state index is 14.2. The van der Waals surface area contributed by atoms with Crippen LogP contribution in [0.25, 0.3) is 16.6 Å². The summed E-state index contributed by atoms with van der Waals surface area (Å²) in [7, 11) is 0. The van der Waals surface area contributed by atoms with Crippen molar-refractivity contribution >= 4 is 69.2 Å². The van der Waals surface area contributed by atoms with E-state index in [2.05, 4.69) is 30.7 Å². The van der Waals surface area contributed by atoms with E-state index in [0.717, 1.165) is 31.7 Å². The Hall–Kier alpha value is -6.17. The van der Waals surface area contributed by atoms with E-state index in [1.165, 1.54) is 26.9 Å². The van der Waals surface area contributed by atoms with Gasteiger partial charge in [-0.15, -0.1) is 5.10 Å². The number of carbonyl (C=O) groups excluding carboxylic acids is 4. The highest BCUT2D eigenvalue weighted by Crippen LogP contribution is 2.31. The molecule has 8 rings (SSSR count). The topological polar surface area (TPSA) is 199 Å². The number of H-pyrrole nitrogens is 1. The fraction of sp³-hybridized carbons (Fsp3) is 0.316. The van der Waals surface area contributed by atoms with Crippen molar-refractivity contribution in [3.05, 3.63) is 89.3 Å². The Bertz CT molecular complexity index is 2310. The first kappa shape index (κ1) is 36.8. The molecular weight excluding hydrogens is 744 g/mol. The van der Waals surface area contributed by atoms with Gasteiger partial charge in [0, 0.05) is 72.5 Å². The molecule has 5 heterocycles. The van der Waals surface area contributed by atoms with Crippen molar-refractivity contribution in [1.82, 2.24) is 35.0 Å². The van der Waals surface area contributed by atoms with E-state index >= 15 is 0 Å². The number of carbonyl (C=O) groups is 5. The minimum absolute atomic E-state index is 0.00266. The molecule has 5 aromatic rings. The predicted octanol–water partition coefficient (Wildman–Crippen LogP) is 2.75. The summed E-state index contributed by atoms with van der Waals surface area (Å²) in [6.45, 7) is 2.99. The molecule has 3 aromatic carbocycles. The van der Waals surface area contributed by atoms with Crippen molar-refractivity contribution in [3.63, 3.8) is 0 Å². The molecule has 0 aliphatic carbocycles. The number of hydrogen-bond donors (Lipinski definition) is 3. The number of nitrogens with one attached hydrogen (secondary N) is 2. The van der Waals surface area contributed by atoms with Gasteiger partial charge in [0.15, 0.2) is 0 Å². The minimum Gasteiger partial charge on any atom is -0.477 e. The van der Waals surface area contributed by atoms with Crippen LogP contribution >= 0.6 is 11.6 Å². The van der Waals surface area contributed by atoms with Gasteiger partial charge < -0.3 is 34.8 Å². The van der Waals surface area contributed by atoms with Crippen molar-refractivity contribution in [2.45, 2.75) is 31.3 Å². The smallest absolute Gasteiger partial charge is 0.352 e. The molecule has 3 N–H and O–H groups in total. The maximum absolute atomic E-state index is 14.2. The van der Waals surface area contributed by atoms with E-state index < -0.39 is 29.7 Å². The Morgan fingerprint density at radius 1 is 0.946 bits per heavy atom. The number of piperazine rings is 2. The van der Waals surface area contributed by atoms with Crippen molar-refractivity contribution < 1.29 is 33.8 Å². The summed E-state index contributed by atoms with van der Waals surface area (Å²) in [5.74, 6) is -3.44. The number of ether oxygens (including phenoxy) is 1. The SMILES string of the molecule is O=C(O)c1cc2cc(NC(=O)[C@H](Cc3ccc(N4CCN(C5CCCOC5)CC4=O)cc3)N3CCN(c4cc(Cl)ccc4-n4cnnn4)C(=O)C3=O)ccc2[nH]1. The van der Waals surface area contributed by atoms with Crippen LogP contribution in [0.3, 0.4) is 0 Å². The Kier molecular flexibility index (Phi) is 10.2. The summed E-state index contributed by atoms with van der Waals surface area (Å²) in [4.78, 5) is 76.2. The molecule has 0 saturated carbocycles. The number of aromatic amines is 1. The normalized spacial score (nSPS) is 18.8. The second-order valence-corrected chi connectivity index (χ2v) is 14.3. The number of nitrogens with zero attached hydrogens (tertiary/aromatic N) is 8. The van der Waals surface area contributed by atoms with E-state index in [1.54, 1.807) is 41.3 Å². The number of hydrogen-bond acceptors (Lipinski definition) is 10. The Morgan fingerprint density at radius 2 is 1.77 bits per heavy atom. The lowest BCUT2D eigenvalue weighted by Crippen LogP contribution is -2.60. The second-order valence-electron chi connectivity index (χ2n) is 13.9. The summed E-state index contributed by atoms with van der Waals surface area (Å²) in [6.07, 6.45) is 3.40. The molecule has 3 fully saturated rings. The zero-order valence-corrected chi connectivity index (χ0v) is 30.8. The Labute approximate surface area is 324 Å². The molecule has 3 aliphatic heterocycles. The van der Waals surface area contributed by atoms with Crippen LogP contribution in [0, 0.1) is 0 Å². The van der Waals surface area contributed by atoms with Gasteiger partial charge in [-0.2, -0.15) is 4.68 Å². The number of fused-ring (bicyclic) bond motifs is 1. The summed E-state index contributed by atoms with van der Waals surface area (Å²) >= 11 is 6.32. The largest absolute Gasteiger partial charge is 0.477 e. The van der Waals surface area contributed by atoms with Crippen LogP contribution in [0.15, 0.2) is 73.1 Å². The fourth-order valence-corrected chi connectivity index (χ4v) is 7.74. The number of carboxylic acids is 1. The molecule has 0 bridgehead atoms. The van der Waals surface area contributed by atoms with E-state index in [-0.39, 0.29) is 37.2 Å². The van der Waals surface area contributed by atoms with Gasteiger partial charge >= 0.3 is 17.8 Å². The number of halogens is 1. The van der Waals surface area contributed by atoms with Crippen LogP contribution in [0.5, 0.6) is 0 Å². The van der Waals surface area contributed by atoms with Gasteiger partial charge in [-0.3, -0.25) is 24.1 Å². The molecule has 0 spiro atoms. The van der Waals surface area contributed by atoms with Crippen LogP contribution in [0.2, 0.25) is 5.02 Å². The number of amides is 4. The average molecular weight is 781 g/mol.